The van der Waals surface area contributed by atoms with Crippen LogP contribution < -0.4 is 10.2 Å². The Bertz CT molecular complexity index is 1570. The van der Waals surface area contributed by atoms with E-state index >= 15 is 0 Å². The maximum atomic E-state index is 11.4. The summed E-state index contributed by atoms with van der Waals surface area (Å²) in [5.74, 6) is -0.182. The Morgan fingerprint density at radius 3 is 1.93 bits per heavy atom. The minimum atomic E-state index is -0.309. The fourth-order valence-corrected chi connectivity index (χ4v) is 4.87. The molecule has 1 saturated heterocycles. The molecule has 0 saturated carbocycles. The van der Waals surface area contributed by atoms with Crippen LogP contribution in [0.5, 0.6) is 5.75 Å². The van der Waals surface area contributed by atoms with Crippen LogP contribution in [0.4, 0.5) is 5.69 Å². The molecule has 13 heteroatoms. The van der Waals surface area contributed by atoms with Crippen molar-refractivity contribution in [3.05, 3.63) is 95.1 Å². The van der Waals surface area contributed by atoms with E-state index in [1.165, 1.54) is 4.90 Å². The standard InChI is InChI=1S/C24H31N5O2.C10H12O2.C5H8O2.C3H9N.C2H6O/c1-17(2)21-14-19(6-9-22(21)31)24(26)29(23(25)16-30)20-7-4-18(5-8-20)15-28-12-10-27(3)11-13-28;1-2-10(11)12-8-9-6-4-3-5-7-9;6-4-2-1-3-5-7;1-3-4-2;1-3-2/h4-9,14,16-17,25-26,31H,10-13,15H2,1-3H3;3-7H,2,8H2,1H3;4-5H,1-3H2;4H,3H2,1-2H3;1-2H3. The zero-order chi connectivity index (χ0) is 43.0. The lowest BCUT2D eigenvalue weighted by Gasteiger charge is -2.32. The quantitative estimate of drug-likeness (QED) is 0.0464. The number of hydrogen-bond donors (Lipinski definition) is 4. The SMILES string of the molecule is CC(C)c1cc(C(=N)N(C(=N)C=O)c2ccc(CN3CCN(C)CC3)cc2)ccc1O.CCC(=O)OCc1ccccc1.CCNC.COC.O=CCCCC=O. The van der Waals surface area contributed by atoms with Crippen LogP contribution in [-0.4, -0.2) is 112 Å². The van der Waals surface area contributed by atoms with Crippen LogP contribution in [0.3, 0.4) is 0 Å². The molecular formula is C44H66N6O7. The largest absolute Gasteiger partial charge is 0.508 e. The molecule has 3 aromatic carbocycles. The Morgan fingerprint density at radius 2 is 1.46 bits per heavy atom. The van der Waals surface area contributed by atoms with Gasteiger partial charge in [0.25, 0.3) is 0 Å². The van der Waals surface area contributed by atoms with E-state index in [1.807, 2.05) is 75.5 Å². The number of nitrogens with zero attached hydrogens (tertiary/aromatic N) is 3. The summed E-state index contributed by atoms with van der Waals surface area (Å²) in [5, 5.41) is 29.8. The summed E-state index contributed by atoms with van der Waals surface area (Å²) in [4.78, 5) is 47.4. The third-order valence-corrected chi connectivity index (χ3v) is 8.22. The van der Waals surface area contributed by atoms with Crippen LogP contribution in [0.1, 0.15) is 81.5 Å². The highest BCUT2D eigenvalue weighted by atomic mass is 16.5. The van der Waals surface area contributed by atoms with Gasteiger partial charge in [-0.15, -0.1) is 0 Å². The number of piperazine rings is 1. The number of phenols is 1. The average molecular weight is 791 g/mol. The summed E-state index contributed by atoms with van der Waals surface area (Å²) in [6, 6.07) is 22.3. The normalized spacial score (nSPS) is 12.0. The van der Waals surface area contributed by atoms with E-state index in [1.54, 1.807) is 39.3 Å². The lowest BCUT2D eigenvalue weighted by molar-refractivity contribution is -0.144. The number of benzene rings is 3. The van der Waals surface area contributed by atoms with Crippen LogP contribution in [0.25, 0.3) is 0 Å². The second-order valence-corrected chi connectivity index (χ2v) is 13.2. The molecule has 0 radical (unpaired) electrons. The first-order chi connectivity index (χ1) is 27.4. The number of phenolic OH excluding ortho intramolecular Hbond substituents is 1. The molecule has 0 spiro atoms. The highest BCUT2D eigenvalue weighted by Crippen LogP contribution is 2.28. The molecule has 0 atom stereocenters. The predicted molar refractivity (Wildman–Crippen MR) is 230 cm³/mol. The van der Waals surface area contributed by atoms with Gasteiger partial charge < -0.3 is 34.4 Å². The second-order valence-electron chi connectivity index (χ2n) is 13.2. The number of aldehydes is 3. The highest BCUT2D eigenvalue weighted by molar-refractivity contribution is 6.41. The van der Waals surface area contributed by atoms with E-state index in [9.17, 15) is 24.3 Å². The monoisotopic (exact) mass is 790 g/mol. The summed E-state index contributed by atoms with van der Waals surface area (Å²) in [5.41, 5.74) is 4.03. The fourth-order valence-electron chi connectivity index (χ4n) is 4.87. The van der Waals surface area contributed by atoms with Gasteiger partial charge in [0.05, 0.1) is 0 Å². The van der Waals surface area contributed by atoms with Gasteiger partial charge in [0, 0.05) is 77.5 Å². The molecule has 3 aromatic rings. The predicted octanol–water partition coefficient (Wildman–Crippen LogP) is 6.45. The maximum absolute atomic E-state index is 11.4. The van der Waals surface area contributed by atoms with Crippen LogP contribution in [0.15, 0.2) is 72.8 Å². The summed E-state index contributed by atoms with van der Waals surface area (Å²) in [6.07, 6.45) is 4.25. The third kappa shape index (κ3) is 22.3. The maximum Gasteiger partial charge on any atom is 0.305 e. The number of anilines is 1. The molecule has 314 valence electrons. The molecular weight excluding hydrogens is 725 g/mol. The summed E-state index contributed by atoms with van der Waals surface area (Å²) in [6.45, 7) is 14.3. The zero-order valence-corrected chi connectivity index (χ0v) is 35.3. The average Bonchev–Trinajstić information content (AvgIpc) is 3.22. The van der Waals surface area contributed by atoms with Crippen molar-refractivity contribution < 1.29 is 33.8 Å². The molecule has 1 aliphatic rings. The molecule has 13 nitrogen and oxygen atoms in total. The van der Waals surface area contributed by atoms with Crippen LogP contribution >= 0.6 is 0 Å². The number of likely N-dealkylation sites (N-methyl/N-ethyl adjacent to an activating group) is 1. The topological polar surface area (TPSA) is 176 Å². The summed E-state index contributed by atoms with van der Waals surface area (Å²) >= 11 is 0. The Morgan fingerprint density at radius 1 is 0.895 bits per heavy atom. The molecule has 1 fully saturated rings. The van der Waals surface area contributed by atoms with E-state index in [4.69, 9.17) is 15.6 Å². The van der Waals surface area contributed by atoms with Gasteiger partial charge in [0.2, 0.25) is 0 Å². The molecule has 0 aliphatic carbocycles. The molecule has 1 aliphatic heterocycles. The van der Waals surface area contributed by atoms with Crippen molar-refractivity contribution in [1.82, 2.24) is 15.1 Å². The Kier molecular flexibility index (Phi) is 29.2. The van der Waals surface area contributed by atoms with Crippen LogP contribution in [-0.2, 0) is 41.8 Å². The zero-order valence-electron chi connectivity index (χ0n) is 35.3. The number of aromatic hydroxyl groups is 1. The first kappa shape index (κ1) is 51.9. The van der Waals surface area contributed by atoms with Gasteiger partial charge in [-0.3, -0.25) is 30.2 Å². The Balaban J connectivity index is 0.000000980. The van der Waals surface area contributed by atoms with Crippen LogP contribution in [0.2, 0.25) is 0 Å². The first-order valence-corrected chi connectivity index (χ1v) is 19.2. The lowest BCUT2D eigenvalue weighted by atomic mass is 9.99. The van der Waals surface area contributed by atoms with E-state index in [2.05, 4.69) is 33.8 Å². The number of hydrogen-bond acceptors (Lipinski definition) is 12. The summed E-state index contributed by atoms with van der Waals surface area (Å²) < 4.78 is 9.19. The fraction of sp³-hybridized carbons (Fsp3) is 0.455. The van der Waals surface area contributed by atoms with E-state index in [-0.39, 0.29) is 29.3 Å². The molecule has 0 unspecified atom stereocenters. The van der Waals surface area contributed by atoms with Crippen molar-refractivity contribution in [3.63, 3.8) is 0 Å². The van der Waals surface area contributed by atoms with Crippen molar-refractivity contribution in [2.45, 2.75) is 72.4 Å². The van der Waals surface area contributed by atoms with Gasteiger partial charge in [-0.2, -0.15) is 0 Å². The molecule has 1 heterocycles. The first-order valence-electron chi connectivity index (χ1n) is 19.2. The number of rotatable bonds is 14. The summed E-state index contributed by atoms with van der Waals surface area (Å²) in [7, 11) is 7.32. The number of methoxy groups -OCH3 is 1. The number of carbonyl (C=O) groups is 4. The molecule has 4 N–H and O–H groups in total. The Labute approximate surface area is 340 Å². The van der Waals surface area contributed by atoms with Crippen molar-refractivity contribution in [2.75, 3.05) is 65.9 Å². The minimum Gasteiger partial charge on any atom is -0.508 e. The van der Waals surface area contributed by atoms with Gasteiger partial charge in [-0.05, 0) is 80.0 Å². The van der Waals surface area contributed by atoms with Gasteiger partial charge >= 0.3 is 5.97 Å². The molecule has 0 bridgehead atoms. The van der Waals surface area contributed by atoms with Crippen molar-refractivity contribution in [3.8, 4) is 5.75 Å². The number of carbonyl (C=O) groups excluding carboxylic acids is 4. The molecule has 4 rings (SSSR count). The smallest absolute Gasteiger partial charge is 0.305 e. The van der Waals surface area contributed by atoms with Gasteiger partial charge in [-0.1, -0.05) is 70.2 Å². The molecule has 0 aromatic heterocycles. The van der Waals surface area contributed by atoms with Gasteiger partial charge in [-0.25, -0.2) is 0 Å². The van der Waals surface area contributed by atoms with Crippen LogP contribution in [0, 0.1) is 10.8 Å². The Hall–Kier alpha value is -5.08. The van der Waals surface area contributed by atoms with Crippen molar-refractivity contribution in [2.24, 2.45) is 0 Å². The molecule has 57 heavy (non-hydrogen) atoms. The highest BCUT2D eigenvalue weighted by Gasteiger charge is 2.21. The lowest BCUT2D eigenvalue weighted by Crippen LogP contribution is -2.43. The second kappa shape index (κ2) is 32.1. The van der Waals surface area contributed by atoms with E-state index in [0.29, 0.717) is 49.8 Å². The minimum absolute atomic E-state index is 0.0193. The number of ether oxygens (including phenoxy) is 2. The number of esters is 1. The van der Waals surface area contributed by atoms with Gasteiger partial charge in [0.1, 0.15) is 30.8 Å². The molecule has 0 amide bonds. The van der Waals surface area contributed by atoms with E-state index in [0.717, 1.165) is 68.5 Å². The van der Waals surface area contributed by atoms with Crippen molar-refractivity contribution in [1.29, 1.82) is 10.8 Å². The number of nitrogens with one attached hydrogen (secondary N) is 3. The van der Waals surface area contributed by atoms with E-state index < -0.39 is 0 Å². The number of unbranched alkanes of at least 4 members (excludes halogenated alkanes) is 2. The number of amidine groups is 2. The van der Waals surface area contributed by atoms with Crippen molar-refractivity contribution >= 4 is 42.2 Å². The van der Waals surface area contributed by atoms with Gasteiger partial charge in [0.15, 0.2) is 12.1 Å². The third-order valence-electron chi connectivity index (χ3n) is 8.22.